The largest absolute Gasteiger partial charge is 0.508 e. The average Bonchev–Trinajstić information content (AvgIpc) is 2.39. The third kappa shape index (κ3) is 3.87. The van der Waals surface area contributed by atoms with E-state index in [0.29, 0.717) is 13.2 Å². The van der Waals surface area contributed by atoms with Crippen molar-refractivity contribution < 1.29 is 14.9 Å². The quantitative estimate of drug-likeness (QED) is 0.498. The minimum atomic E-state index is 0.249. The van der Waals surface area contributed by atoms with Gasteiger partial charge in [-0.15, -0.1) is 0 Å². The summed E-state index contributed by atoms with van der Waals surface area (Å²) in [6, 6.07) is 14.9. The van der Waals surface area contributed by atoms with Crippen LogP contribution in [-0.4, -0.2) is 5.11 Å². The SMILES string of the molecule is Cc1ccc(COOCc2ccc(O)cc2)cc1. The first kappa shape index (κ1) is 12.6. The Labute approximate surface area is 107 Å². The Morgan fingerprint density at radius 1 is 0.778 bits per heavy atom. The molecular weight excluding hydrogens is 228 g/mol. The van der Waals surface area contributed by atoms with Gasteiger partial charge < -0.3 is 5.11 Å². The van der Waals surface area contributed by atoms with Gasteiger partial charge in [-0.2, -0.15) is 0 Å². The molecule has 0 amide bonds. The molecule has 2 aromatic carbocycles. The van der Waals surface area contributed by atoms with Crippen molar-refractivity contribution in [2.24, 2.45) is 0 Å². The fraction of sp³-hybridized carbons (Fsp3) is 0.200. The molecule has 0 aliphatic carbocycles. The van der Waals surface area contributed by atoms with E-state index in [2.05, 4.69) is 0 Å². The zero-order valence-corrected chi connectivity index (χ0v) is 10.3. The molecule has 94 valence electrons. The van der Waals surface area contributed by atoms with Crippen LogP contribution in [0.3, 0.4) is 0 Å². The Balaban J connectivity index is 1.73. The first-order valence-corrected chi connectivity index (χ1v) is 5.82. The van der Waals surface area contributed by atoms with Crippen molar-refractivity contribution in [2.45, 2.75) is 20.1 Å². The van der Waals surface area contributed by atoms with Crippen LogP contribution in [0.25, 0.3) is 0 Å². The Morgan fingerprint density at radius 3 is 1.72 bits per heavy atom. The van der Waals surface area contributed by atoms with Crippen molar-refractivity contribution in [3.05, 3.63) is 65.2 Å². The number of hydrogen-bond acceptors (Lipinski definition) is 3. The molecule has 0 bridgehead atoms. The van der Waals surface area contributed by atoms with Crippen LogP contribution >= 0.6 is 0 Å². The fourth-order valence-corrected chi connectivity index (χ4v) is 1.50. The van der Waals surface area contributed by atoms with E-state index in [1.165, 1.54) is 5.56 Å². The topological polar surface area (TPSA) is 38.7 Å². The third-order valence-corrected chi connectivity index (χ3v) is 2.59. The van der Waals surface area contributed by atoms with Crippen molar-refractivity contribution in [3.8, 4) is 5.75 Å². The van der Waals surface area contributed by atoms with Crippen LogP contribution in [0, 0.1) is 6.92 Å². The number of benzene rings is 2. The highest BCUT2D eigenvalue weighted by Crippen LogP contribution is 2.11. The molecule has 2 rings (SSSR count). The molecule has 0 saturated carbocycles. The summed E-state index contributed by atoms with van der Waals surface area (Å²) >= 11 is 0. The van der Waals surface area contributed by atoms with Crippen LogP contribution in [-0.2, 0) is 23.0 Å². The van der Waals surface area contributed by atoms with Gasteiger partial charge in [0, 0.05) is 0 Å². The van der Waals surface area contributed by atoms with E-state index in [1.54, 1.807) is 24.3 Å². The molecule has 3 nitrogen and oxygen atoms in total. The molecule has 0 aliphatic heterocycles. The number of phenols is 1. The van der Waals surface area contributed by atoms with E-state index >= 15 is 0 Å². The summed E-state index contributed by atoms with van der Waals surface area (Å²) in [6.07, 6.45) is 0. The van der Waals surface area contributed by atoms with Gasteiger partial charge in [0.1, 0.15) is 19.0 Å². The fourth-order valence-electron chi connectivity index (χ4n) is 1.50. The summed E-state index contributed by atoms with van der Waals surface area (Å²) in [5, 5.41) is 9.13. The van der Waals surface area contributed by atoms with Crippen molar-refractivity contribution in [1.82, 2.24) is 0 Å². The lowest BCUT2D eigenvalue weighted by Crippen LogP contribution is -1.96. The maximum absolute atomic E-state index is 9.13. The van der Waals surface area contributed by atoms with E-state index in [-0.39, 0.29) is 5.75 Å². The zero-order chi connectivity index (χ0) is 12.8. The second-order valence-corrected chi connectivity index (χ2v) is 4.18. The molecule has 0 radical (unpaired) electrons. The Morgan fingerprint density at radius 2 is 1.22 bits per heavy atom. The van der Waals surface area contributed by atoms with Gasteiger partial charge in [-0.1, -0.05) is 42.0 Å². The molecule has 3 heteroatoms. The highest BCUT2D eigenvalue weighted by Gasteiger charge is 1.96. The summed E-state index contributed by atoms with van der Waals surface area (Å²) in [5.41, 5.74) is 3.26. The number of aryl methyl sites for hydroxylation is 1. The van der Waals surface area contributed by atoms with Gasteiger partial charge in [-0.05, 0) is 30.2 Å². The first-order chi connectivity index (χ1) is 8.74. The Hall–Kier alpha value is -1.84. The van der Waals surface area contributed by atoms with Gasteiger partial charge in [0.25, 0.3) is 0 Å². The molecule has 2 aromatic rings. The zero-order valence-electron chi connectivity index (χ0n) is 10.3. The molecule has 0 unspecified atom stereocenters. The minimum Gasteiger partial charge on any atom is -0.508 e. The molecule has 0 fully saturated rings. The summed E-state index contributed by atoms with van der Waals surface area (Å²) in [6.45, 7) is 2.84. The second kappa shape index (κ2) is 6.19. The lowest BCUT2D eigenvalue weighted by Gasteiger charge is -2.05. The molecule has 0 atom stereocenters. The van der Waals surface area contributed by atoms with Gasteiger partial charge in [0.15, 0.2) is 0 Å². The van der Waals surface area contributed by atoms with E-state index < -0.39 is 0 Å². The Bertz CT molecular complexity index is 427. The summed E-state index contributed by atoms with van der Waals surface area (Å²) < 4.78 is 0. The van der Waals surface area contributed by atoms with Crippen LogP contribution in [0.15, 0.2) is 48.5 Å². The predicted octanol–water partition coefficient (Wildman–Crippen LogP) is 3.35. The van der Waals surface area contributed by atoms with Gasteiger partial charge in [-0.3, -0.25) is 0 Å². The summed E-state index contributed by atoms with van der Waals surface area (Å²) in [4.78, 5) is 10.2. The molecule has 0 heterocycles. The highest BCUT2D eigenvalue weighted by atomic mass is 17.2. The molecule has 0 saturated heterocycles. The van der Waals surface area contributed by atoms with E-state index in [0.717, 1.165) is 11.1 Å². The average molecular weight is 244 g/mol. The number of aromatic hydroxyl groups is 1. The van der Waals surface area contributed by atoms with Crippen molar-refractivity contribution in [2.75, 3.05) is 0 Å². The Kier molecular flexibility index (Phi) is 4.34. The number of rotatable bonds is 5. The van der Waals surface area contributed by atoms with Gasteiger partial charge in [0.2, 0.25) is 0 Å². The van der Waals surface area contributed by atoms with E-state index in [9.17, 15) is 0 Å². The smallest absolute Gasteiger partial charge is 0.115 e. The van der Waals surface area contributed by atoms with E-state index in [1.807, 2.05) is 31.2 Å². The standard InChI is InChI=1S/C15H16O3/c1-12-2-4-13(5-3-12)10-17-18-11-14-6-8-15(16)9-7-14/h2-9,16H,10-11H2,1H3. The van der Waals surface area contributed by atoms with E-state index in [4.69, 9.17) is 14.9 Å². The molecule has 1 N–H and O–H groups in total. The summed E-state index contributed by atoms with van der Waals surface area (Å²) in [5.74, 6) is 0.249. The third-order valence-electron chi connectivity index (χ3n) is 2.59. The van der Waals surface area contributed by atoms with Crippen molar-refractivity contribution in [1.29, 1.82) is 0 Å². The van der Waals surface area contributed by atoms with Crippen LogP contribution in [0.2, 0.25) is 0 Å². The van der Waals surface area contributed by atoms with Crippen LogP contribution in [0.5, 0.6) is 5.75 Å². The molecule has 0 aromatic heterocycles. The van der Waals surface area contributed by atoms with Crippen molar-refractivity contribution >= 4 is 0 Å². The van der Waals surface area contributed by atoms with Gasteiger partial charge in [-0.25, -0.2) is 9.78 Å². The molecular formula is C15H16O3. The monoisotopic (exact) mass is 244 g/mol. The minimum absolute atomic E-state index is 0.249. The predicted molar refractivity (Wildman–Crippen MR) is 68.9 cm³/mol. The summed E-state index contributed by atoms with van der Waals surface area (Å²) in [7, 11) is 0. The molecule has 0 spiro atoms. The van der Waals surface area contributed by atoms with Crippen LogP contribution in [0.1, 0.15) is 16.7 Å². The molecule has 18 heavy (non-hydrogen) atoms. The number of phenolic OH excluding ortho intramolecular Hbond substituents is 1. The molecule has 0 aliphatic rings. The van der Waals surface area contributed by atoms with Gasteiger partial charge >= 0.3 is 0 Å². The highest BCUT2D eigenvalue weighted by molar-refractivity contribution is 5.25. The second-order valence-electron chi connectivity index (χ2n) is 4.18. The van der Waals surface area contributed by atoms with Gasteiger partial charge in [0.05, 0.1) is 0 Å². The lowest BCUT2D eigenvalue weighted by molar-refractivity contribution is -0.313. The van der Waals surface area contributed by atoms with Crippen molar-refractivity contribution in [3.63, 3.8) is 0 Å². The number of hydrogen-bond donors (Lipinski definition) is 1. The lowest BCUT2D eigenvalue weighted by atomic mass is 10.2. The maximum atomic E-state index is 9.13. The van der Waals surface area contributed by atoms with Crippen LogP contribution in [0.4, 0.5) is 0 Å². The van der Waals surface area contributed by atoms with Crippen LogP contribution < -0.4 is 0 Å². The first-order valence-electron chi connectivity index (χ1n) is 5.82. The normalized spacial score (nSPS) is 10.5. The maximum Gasteiger partial charge on any atom is 0.115 e.